The number of benzene rings is 2. The average Bonchev–Trinajstić information content (AvgIpc) is 2.51. The molecular formula is C17H19ClN2O2. The van der Waals surface area contributed by atoms with Gasteiger partial charge in [-0.05, 0) is 42.0 Å². The lowest BCUT2D eigenvalue weighted by molar-refractivity contribution is -0.118. The molecule has 2 rings (SSSR count). The van der Waals surface area contributed by atoms with E-state index in [0.717, 1.165) is 17.0 Å². The van der Waals surface area contributed by atoms with Gasteiger partial charge in [-0.15, -0.1) is 0 Å². The van der Waals surface area contributed by atoms with Crippen LogP contribution in [0.1, 0.15) is 12.5 Å². The van der Waals surface area contributed by atoms with Gasteiger partial charge < -0.3 is 15.4 Å². The van der Waals surface area contributed by atoms with Gasteiger partial charge in [0.05, 0.1) is 0 Å². The summed E-state index contributed by atoms with van der Waals surface area (Å²) in [5.74, 6) is 0.764. The van der Waals surface area contributed by atoms with Crippen molar-refractivity contribution < 1.29 is 9.53 Å². The predicted octanol–water partition coefficient (Wildman–Crippen LogP) is 3.47. The average molecular weight is 319 g/mol. The maximum Gasteiger partial charge on any atom is 0.216 e. The van der Waals surface area contributed by atoms with Gasteiger partial charge in [0.1, 0.15) is 12.4 Å². The van der Waals surface area contributed by atoms with Crippen LogP contribution in [-0.4, -0.2) is 19.0 Å². The van der Waals surface area contributed by atoms with Crippen LogP contribution in [0.2, 0.25) is 5.02 Å². The molecule has 0 spiro atoms. The number of halogens is 1. The number of carbonyl (C=O) groups excluding carboxylic acids is 1. The molecule has 4 nitrogen and oxygen atoms in total. The lowest BCUT2D eigenvalue weighted by atomic mass is 10.2. The van der Waals surface area contributed by atoms with Gasteiger partial charge in [0.2, 0.25) is 5.91 Å². The second kappa shape index (κ2) is 8.29. The first-order valence-electron chi connectivity index (χ1n) is 7.09. The van der Waals surface area contributed by atoms with E-state index in [9.17, 15) is 4.79 Å². The Bertz CT molecular complexity index is 614. The van der Waals surface area contributed by atoms with Crippen molar-refractivity contribution in [2.45, 2.75) is 13.5 Å². The molecule has 1 amide bonds. The van der Waals surface area contributed by atoms with E-state index in [4.69, 9.17) is 16.3 Å². The summed E-state index contributed by atoms with van der Waals surface area (Å²) in [6.45, 7) is 3.28. The first-order valence-corrected chi connectivity index (χ1v) is 7.47. The molecule has 0 aromatic heterocycles. The smallest absolute Gasteiger partial charge is 0.216 e. The summed E-state index contributed by atoms with van der Waals surface area (Å²) in [4.78, 5) is 10.8. The quantitative estimate of drug-likeness (QED) is 0.769. The van der Waals surface area contributed by atoms with E-state index in [1.807, 2.05) is 36.4 Å². The summed E-state index contributed by atoms with van der Waals surface area (Å²) in [5.41, 5.74) is 2.07. The van der Waals surface area contributed by atoms with Gasteiger partial charge in [0.15, 0.2) is 0 Å². The van der Waals surface area contributed by atoms with Crippen molar-refractivity contribution in [3.05, 3.63) is 59.1 Å². The largest absolute Gasteiger partial charge is 0.489 e. The molecule has 2 aromatic carbocycles. The summed E-state index contributed by atoms with van der Waals surface area (Å²) in [5, 5.41) is 6.70. The van der Waals surface area contributed by atoms with E-state index >= 15 is 0 Å². The van der Waals surface area contributed by atoms with Crippen molar-refractivity contribution in [1.29, 1.82) is 0 Å². The Morgan fingerprint density at radius 3 is 2.64 bits per heavy atom. The van der Waals surface area contributed by atoms with E-state index in [0.29, 0.717) is 24.7 Å². The predicted molar refractivity (Wildman–Crippen MR) is 89.4 cm³/mol. The second-order valence-electron chi connectivity index (χ2n) is 4.85. The van der Waals surface area contributed by atoms with Gasteiger partial charge in [-0.2, -0.15) is 0 Å². The van der Waals surface area contributed by atoms with Gasteiger partial charge >= 0.3 is 0 Å². The Kier molecular flexibility index (Phi) is 6.10. The van der Waals surface area contributed by atoms with E-state index in [-0.39, 0.29) is 5.91 Å². The topological polar surface area (TPSA) is 50.4 Å². The number of rotatable bonds is 7. The van der Waals surface area contributed by atoms with Crippen LogP contribution in [0.4, 0.5) is 5.69 Å². The number of nitrogens with one attached hydrogen (secondary N) is 2. The molecule has 0 heterocycles. The molecule has 2 N–H and O–H groups in total. The molecule has 0 bridgehead atoms. The minimum atomic E-state index is -0.0214. The summed E-state index contributed by atoms with van der Waals surface area (Å²) in [6, 6.07) is 15.3. The molecule has 0 aliphatic rings. The maximum atomic E-state index is 10.8. The fraction of sp³-hybridized carbons (Fsp3) is 0.235. The van der Waals surface area contributed by atoms with Crippen LogP contribution in [0, 0.1) is 0 Å². The molecule has 0 fully saturated rings. The molecule has 116 valence electrons. The molecule has 5 heteroatoms. The fourth-order valence-electron chi connectivity index (χ4n) is 1.91. The van der Waals surface area contributed by atoms with Gasteiger partial charge in [0, 0.05) is 30.7 Å². The van der Waals surface area contributed by atoms with Crippen LogP contribution in [-0.2, 0) is 11.4 Å². The third kappa shape index (κ3) is 5.66. The van der Waals surface area contributed by atoms with Crippen molar-refractivity contribution in [2.24, 2.45) is 0 Å². The van der Waals surface area contributed by atoms with E-state index in [1.54, 1.807) is 12.1 Å². The highest BCUT2D eigenvalue weighted by Gasteiger charge is 1.99. The van der Waals surface area contributed by atoms with Crippen molar-refractivity contribution in [3.8, 4) is 5.75 Å². The van der Waals surface area contributed by atoms with Crippen LogP contribution >= 0.6 is 11.6 Å². The van der Waals surface area contributed by atoms with Gasteiger partial charge in [-0.3, -0.25) is 4.79 Å². The standard InChI is InChI=1S/C17H19ClN2O2/c1-13(21)19-9-10-20-16-4-2-3-14(11-16)12-22-17-7-5-15(18)6-8-17/h2-8,11,20H,9-10,12H2,1H3,(H,19,21). The van der Waals surface area contributed by atoms with Crippen LogP contribution in [0.25, 0.3) is 0 Å². The normalized spacial score (nSPS) is 10.1. The van der Waals surface area contributed by atoms with E-state index in [2.05, 4.69) is 10.6 Å². The van der Waals surface area contributed by atoms with Gasteiger partial charge in [-0.1, -0.05) is 23.7 Å². The maximum absolute atomic E-state index is 10.8. The highest BCUT2D eigenvalue weighted by Crippen LogP contribution is 2.18. The van der Waals surface area contributed by atoms with Gasteiger partial charge in [0.25, 0.3) is 0 Å². The SMILES string of the molecule is CC(=O)NCCNc1cccc(COc2ccc(Cl)cc2)c1. The number of ether oxygens (including phenoxy) is 1. The first-order chi connectivity index (χ1) is 10.6. The highest BCUT2D eigenvalue weighted by atomic mass is 35.5. The summed E-state index contributed by atoms with van der Waals surface area (Å²) < 4.78 is 5.72. The van der Waals surface area contributed by atoms with Gasteiger partial charge in [-0.25, -0.2) is 0 Å². The zero-order valence-electron chi connectivity index (χ0n) is 12.4. The highest BCUT2D eigenvalue weighted by molar-refractivity contribution is 6.30. The minimum Gasteiger partial charge on any atom is -0.489 e. The zero-order valence-corrected chi connectivity index (χ0v) is 13.2. The van der Waals surface area contributed by atoms with Crippen LogP contribution in [0.15, 0.2) is 48.5 Å². The summed E-state index contributed by atoms with van der Waals surface area (Å²) in [7, 11) is 0. The number of carbonyl (C=O) groups is 1. The monoisotopic (exact) mass is 318 g/mol. The number of amides is 1. The van der Waals surface area contributed by atoms with Crippen LogP contribution < -0.4 is 15.4 Å². The molecule has 0 radical (unpaired) electrons. The Morgan fingerprint density at radius 1 is 1.14 bits per heavy atom. The molecule has 0 unspecified atom stereocenters. The molecule has 2 aromatic rings. The third-order valence-corrected chi connectivity index (χ3v) is 3.23. The summed E-state index contributed by atoms with van der Waals surface area (Å²) in [6.07, 6.45) is 0. The lowest BCUT2D eigenvalue weighted by Crippen LogP contribution is -2.26. The van der Waals surface area contributed by atoms with E-state index in [1.165, 1.54) is 6.92 Å². The second-order valence-corrected chi connectivity index (χ2v) is 5.29. The Morgan fingerprint density at radius 2 is 1.91 bits per heavy atom. The van der Waals surface area contributed by atoms with Crippen molar-refractivity contribution >= 4 is 23.2 Å². The molecular weight excluding hydrogens is 300 g/mol. The molecule has 0 aliphatic carbocycles. The Balaban J connectivity index is 1.83. The third-order valence-electron chi connectivity index (χ3n) is 2.97. The molecule has 0 atom stereocenters. The zero-order chi connectivity index (χ0) is 15.8. The minimum absolute atomic E-state index is 0.0214. The number of hydrogen-bond acceptors (Lipinski definition) is 3. The molecule has 22 heavy (non-hydrogen) atoms. The van der Waals surface area contributed by atoms with Crippen molar-refractivity contribution in [3.63, 3.8) is 0 Å². The molecule has 0 saturated carbocycles. The summed E-state index contributed by atoms with van der Waals surface area (Å²) >= 11 is 5.84. The fourth-order valence-corrected chi connectivity index (χ4v) is 2.04. The van der Waals surface area contributed by atoms with Crippen LogP contribution in [0.3, 0.4) is 0 Å². The first kappa shape index (κ1) is 16.2. The molecule has 0 saturated heterocycles. The van der Waals surface area contributed by atoms with Crippen LogP contribution in [0.5, 0.6) is 5.75 Å². The number of anilines is 1. The molecule has 0 aliphatic heterocycles. The Labute approximate surface area is 135 Å². The van der Waals surface area contributed by atoms with Crippen molar-refractivity contribution in [2.75, 3.05) is 18.4 Å². The number of hydrogen-bond donors (Lipinski definition) is 2. The van der Waals surface area contributed by atoms with Crippen molar-refractivity contribution in [1.82, 2.24) is 5.32 Å². The Hall–Kier alpha value is -2.20. The lowest BCUT2D eigenvalue weighted by Gasteiger charge is -2.10. The van der Waals surface area contributed by atoms with E-state index < -0.39 is 0 Å².